The molecule has 0 bridgehead atoms. The van der Waals surface area contributed by atoms with E-state index in [-0.39, 0.29) is 36.1 Å². The molecule has 0 radical (unpaired) electrons. The molecule has 2 aliphatic rings. The molecule has 1 heterocycles. The number of carbonyl (C=O) groups excluding carboxylic acids is 3. The van der Waals surface area contributed by atoms with Crippen LogP contribution in [0.25, 0.3) is 0 Å². The number of imide groups is 1. The Bertz CT molecular complexity index is 658. The zero-order valence-electron chi connectivity index (χ0n) is 14.9. The number of hydrogen-bond acceptors (Lipinski definition) is 3. The Morgan fingerprint density at radius 3 is 2.32 bits per heavy atom. The van der Waals surface area contributed by atoms with Crippen LogP contribution in [0.4, 0.5) is 0 Å². The van der Waals surface area contributed by atoms with Gasteiger partial charge in [0, 0.05) is 18.0 Å². The van der Waals surface area contributed by atoms with Crippen molar-refractivity contribution in [1.29, 1.82) is 0 Å². The second-order valence-corrected chi connectivity index (χ2v) is 7.60. The van der Waals surface area contributed by atoms with Crippen LogP contribution in [-0.2, 0) is 16.0 Å². The summed E-state index contributed by atoms with van der Waals surface area (Å²) in [5, 5.41) is 5.52. The SMILES string of the molecule is C[C@@H]1CCC[C@@H](C)C1NC(=O)c1ccc(C[C@@H]2CC(=O)NC2=O)cc1. The highest BCUT2D eigenvalue weighted by Crippen LogP contribution is 2.29. The van der Waals surface area contributed by atoms with Crippen LogP contribution in [0.2, 0.25) is 0 Å². The highest BCUT2D eigenvalue weighted by Gasteiger charge is 2.31. The quantitative estimate of drug-likeness (QED) is 0.825. The molecule has 1 saturated heterocycles. The van der Waals surface area contributed by atoms with Gasteiger partial charge in [-0.3, -0.25) is 19.7 Å². The minimum atomic E-state index is -0.295. The normalized spacial score (nSPS) is 27.2. The Kier molecular flexibility index (Phi) is 5.21. The van der Waals surface area contributed by atoms with Crippen molar-refractivity contribution in [2.24, 2.45) is 17.8 Å². The molecule has 1 aromatic carbocycles. The van der Waals surface area contributed by atoms with Gasteiger partial charge in [-0.05, 0) is 48.8 Å². The molecule has 0 aromatic heterocycles. The smallest absolute Gasteiger partial charge is 0.251 e. The molecular weight excluding hydrogens is 316 g/mol. The Morgan fingerprint density at radius 1 is 1.12 bits per heavy atom. The van der Waals surface area contributed by atoms with E-state index in [2.05, 4.69) is 24.5 Å². The lowest BCUT2D eigenvalue weighted by molar-refractivity contribution is -0.125. The molecule has 0 unspecified atom stereocenters. The number of amides is 3. The zero-order valence-corrected chi connectivity index (χ0v) is 14.9. The lowest BCUT2D eigenvalue weighted by Gasteiger charge is -2.35. The van der Waals surface area contributed by atoms with Crippen molar-refractivity contribution >= 4 is 17.7 Å². The van der Waals surface area contributed by atoms with Gasteiger partial charge < -0.3 is 5.32 Å². The van der Waals surface area contributed by atoms with E-state index in [0.717, 1.165) is 18.4 Å². The molecule has 3 amide bonds. The van der Waals surface area contributed by atoms with Gasteiger partial charge in [-0.25, -0.2) is 0 Å². The van der Waals surface area contributed by atoms with Crippen LogP contribution < -0.4 is 10.6 Å². The van der Waals surface area contributed by atoms with E-state index < -0.39 is 0 Å². The minimum absolute atomic E-state index is 0.0362. The summed E-state index contributed by atoms with van der Waals surface area (Å²) in [5.41, 5.74) is 1.60. The largest absolute Gasteiger partial charge is 0.349 e. The molecular formula is C20H26N2O3. The third kappa shape index (κ3) is 4.09. The van der Waals surface area contributed by atoms with Gasteiger partial charge in [0.2, 0.25) is 11.8 Å². The van der Waals surface area contributed by atoms with Crippen LogP contribution in [0.3, 0.4) is 0 Å². The first-order valence-corrected chi connectivity index (χ1v) is 9.17. The van der Waals surface area contributed by atoms with E-state index in [4.69, 9.17) is 0 Å². The van der Waals surface area contributed by atoms with Gasteiger partial charge in [0.15, 0.2) is 0 Å². The first-order chi connectivity index (χ1) is 11.9. The van der Waals surface area contributed by atoms with E-state index in [1.807, 2.05) is 12.1 Å². The maximum absolute atomic E-state index is 12.5. The van der Waals surface area contributed by atoms with Crippen molar-refractivity contribution in [3.05, 3.63) is 35.4 Å². The molecule has 2 fully saturated rings. The molecule has 3 atom stereocenters. The van der Waals surface area contributed by atoms with Gasteiger partial charge in [0.05, 0.1) is 5.92 Å². The third-order valence-corrected chi connectivity index (χ3v) is 5.61. The van der Waals surface area contributed by atoms with Gasteiger partial charge >= 0.3 is 0 Å². The predicted octanol–water partition coefficient (Wildman–Crippen LogP) is 2.45. The second-order valence-electron chi connectivity index (χ2n) is 7.60. The number of nitrogens with one attached hydrogen (secondary N) is 2. The third-order valence-electron chi connectivity index (χ3n) is 5.61. The van der Waals surface area contributed by atoms with Crippen molar-refractivity contribution in [3.63, 3.8) is 0 Å². The molecule has 0 spiro atoms. The molecule has 1 aliphatic carbocycles. The van der Waals surface area contributed by atoms with Crippen LogP contribution in [0.1, 0.15) is 55.5 Å². The van der Waals surface area contributed by atoms with Crippen LogP contribution in [0.15, 0.2) is 24.3 Å². The highest BCUT2D eigenvalue weighted by atomic mass is 16.2. The second kappa shape index (κ2) is 7.38. The van der Waals surface area contributed by atoms with Gasteiger partial charge in [-0.2, -0.15) is 0 Å². The fourth-order valence-electron chi connectivity index (χ4n) is 4.05. The summed E-state index contributed by atoms with van der Waals surface area (Å²) in [6.07, 6.45) is 4.34. The lowest BCUT2D eigenvalue weighted by atomic mass is 9.78. The predicted molar refractivity (Wildman–Crippen MR) is 94.8 cm³/mol. The minimum Gasteiger partial charge on any atom is -0.349 e. The molecule has 5 heteroatoms. The number of rotatable bonds is 4. The average Bonchev–Trinajstić information content (AvgIpc) is 2.89. The first kappa shape index (κ1) is 17.6. The molecule has 5 nitrogen and oxygen atoms in total. The molecule has 2 N–H and O–H groups in total. The summed E-state index contributed by atoms with van der Waals surface area (Å²) in [7, 11) is 0. The molecule has 1 aromatic rings. The van der Waals surface area contributed by atoms with Gasteiger partial charge in [0.25, 0.3) is 5.91 Å². The summed E-state index contributed by atoms with van der Waals surface area (Å²) < 4.78 is 0. The summed E-state index contributed by atoms with van der Waals surface area (Å²) in [4.78, 5) is 35.4. The van der Waals surface area contributed by atoms with Crippen LogP contribution in [0.5, 0.6) is 0 Å². The van der Waals surface area contributed by atoms with Gasteiger partial charge in [-0.1, -0.05) is 32.4 Å². The fraction of sp³-hybridized carbons (Fsp3) is 0.550. The first-order valence-electron chi connectivity index (χ1n) is 9.17. The summed E-state index contributed by atoms with van der Waals surface area (Å²) >= 11 is 0. The van der Waals surface area contributed by atoms with Crippen molar-refractivity contribution in [3.8, 4) is 0 Å². The number of benzene rings is 1. The summed E-state index contributed by atoms with van der Waals surface area (Å²) in [6.45, 7) is 4.41. The topological polar surface area (TPSA) is 75.3 Å². The zero-order chi connectivity index (χ0) is 18.0. The summed E-state index contributed by atoms with van der Waals surface area (Å²) in [5.74, 6) is 0.270. The van der Waals surface area contributed by atoms with Crippen LogP contribution in [-0.4, -0.2) is 23.8 Å². The van der Waals surface area contributed by atoms with Crippen molar-refractivity contribution in [2.75, 3.05) is 0 Å². The Morgan fingerprint density at radius 2 is 1.76 bits per heavy atom. The fourth-order valence-corrected chi connectivity index (χ4v) is 4.05. The molecule has 3 rings (SSSR count). The van der Waals surface area contributed by atoms with Gasteiger partial charge in [0.1, 0.15) is 0 Å². The van der Waals surface area contributed by atoms with E-state index in [9.17, 15) is 14.4 Å². The highest BCUT2D eigenvalue weighted by molar-refractivity contribution is 6.03. The van der Waals surface area contributed by atoms with Gasteiger partial charge in [-0.15, -0.1) is 0 Å². The number of carbonyl (C=O) groups is 3. The van der Waals surface area contributed by atoms with Crippen LogP contribution >= 0.6 is 0 Å². The maximum atomic E-state index is 12.5. The van der Waals surface area contributed by atoms with Crippen molar-refractivity contribution in [2.45, 2.75) is 52.0 Å². The Labute approximate surface area is 148 Å². The van der Waals surface area contributed by atoms with Crippen LogP contribution in [0, 0.1) is 17.8 Å². The molecule has 1 aliphatic heterocycles. The van der Waals surface area contributed by atoms with Crippen molar-refractivity contribution in [1.82, 2.24) is 10.6 Å². The van der Waals surface area contributed by atoms with E-state index in [1.54, 1.807) is 12.1 Å². The summed E-state index contributed by atoms with van der Waals surface area (Å²) in [6, 6.07) is 7.58. The van der Waals surface area contributed by atoms with Crippen molar-refractivity contribution < 1.29 is 14.4 Å². The maximum Gasteiger partial charge on any atom is 0.251 e. The van der Waals surface area contributed by atoms with E-state index in [0.29, 0.717) is 23.8 Å². The number of hydrogen-bond donors (Lipinski definition) is 2. The standard InChI is InChI=1S/C20H26N2O3/c1-12-4-3-5-13(2)18(12)22-19(24)15-8-6-14(7-9-15)10-16-11-17(23)21-20(16)25/h6-9,12-13,16,18H,3-5,10-11H2,1-2H3,(H,22,24)(H,21,23,25)/t12-,13-,16-/m1/s1. The lowest BCUT2D eigenvalue weighted by Crippen LogP contribution is -2.45. The monoisotopic (exact) mass is 342 g/mol. The molecule has 1 saturated carbocycles. The Balaban J connectivity index is 1.60. The molecule has 25 heavy (non-hydrogen) atoms. The average molecular weight is 342 g/mol. The van der Waals surface area contributed by atoms with E-state index in [1.165, 1.54) is 6.42 Å². The Hall–Kier alpha value is -2.17. The molecule has 134 valence electrons. The van der Waals surface area contributed by atoms with E-state index >= 15 is 0 Å².